The van der Waals surface area contributed by atoms with E-state index < -0.39 is 27.4 Å². The number of carbonyl (C=O) groups excluding carboxylic acids is 1. The molecule has 2 aromatic carbocycles. The minimum Gasteiger partial charge on any atom is -0.355 e. The molecule has 162 valence electrons. The van der Waals surface area contributed by atoms with Crippen molar-refractivity contribution in [3.05, 3.63) is 64.2 Å². The Kier molecular flexibility index (Phi) is 7.93. The van der Waals surface area contributed by atoms with Gasteiger partial charge in [0.05, 0.1) is 15.5 Å². The quantitative estimate of drug-likeness (QED) is 0.452. The van der Waals surface area contributed by atoms with Crippen molar-refractivity contribution in [2.75, 3.05) is 17.4 Å². The number of rotatable bonds is 10. The summed E-state index contributed by atoms with van der Waals surface area (Å²) in [6, 6.07) is 11.8. The van der Waals surface area contributed by atoms with E-state index in [4.69, 9.17) is 0 Å². The Bertz CT molecular complexity index is 990. The molecule has 1 atom stereocenters. The predicted molar refractivity (Wildman–Crippen MR) is 116 cm³/mol. The highest BCUT2D eigenvalue weighted by molar-refractivity contribution is 7.92. The number of hydrogen-bond donors (Lipinski definition) is 1. The van der Waals surface area contributed by atoms with Crippen molar-refractivity contribution in [1.82, 2.24) is 5.32 Å². The fourth-order valence-electron chi connectivity index (χ4n) is 2.86. The molecule has 0 spiro atoms. The van der Waals surface area contributed by atoms with Gasteiger partial charge in [0.2, 0.25) is 5.91 Å². The zero-order valence-electron chi connectivity index (χ0n) is 17.4. The maximum Gasteiger partial charge on any atom is 0.270 e. The third-order valence-electron chi connectivity index (χ3n) is 4.84. The highest BCUT2D eigenvalue weighted by Gasteiger charge is 2.28. The Morgan fingerprint density at radius 3 is 2.40 bits per heavy atom. The molecule has 0 radical (unpaired) electrons. The van der Waals surface area contributed by atoms with E-state index in [-0.39, 0.29) is 10.6 Å². The number of anilines is 1. The second-order valence-electron chi connectivity index (χ2n) is 7.02. The minimum absolute atomic E-state index is 0.244. The smallest absolute Gasteiger partial charge is 0.270 e. The number of amides is 1. The van der Waals surface area contributed by atoms with Crippen molar-refractivity contribution < 1.29 is 18.1 Å². The van der Waals surface area contributed by atoms with Crippen LogP contribution in [0, 0.1) is 10.1 Å². The van der Waals surface area contributed by atoms with Crippen LogP contribution in [0.3, 0.4) is 0 Å². The van der Waals surface area contributed by atoms with Crippen LogP contribution in [0.15, 0.2) is 53.4 Å². The molecule has 0 heterocycles. The van der Waals surface area contributed by atoms with E-state index in [1.165, 1.54) is 18.2 Å². The van der Waals surface area contributed by atoms with E-state index in [0.717, 1.165) is 22.4 Å². The summed E-state index contributed by atoms with van der Waals surface area (Å²) >= 11 is 0. The highest BCUT2D eigenvalue weighted by Crippen LogP contribution is 2.28. The fourth-order valence-corrected chi connectivity index (χ4v) is 4.32. The first kappa shape index (κ1) is 23.3. The van der Waals surface area contributed by atoms with Gasteiger partial charge in [-0.1, -0.05) is 39.0 Å². The number of hydrogen-bond acceptors (Lipinski definition) is 5. The zero-order valence-corrected chi connectivity index (χ0v) is 18.2. The first-order chi connectivity index (χ1) is 14.2. The topological polar surface area (TPSA) is 110 Å². The molecule has 0 aliphatic heterocycles. The average molecular weight is 434 g/mol. The van der Waals surface area contributed by atoms with E-state index >= 15 is 0 Å². The molecule has 1 N–H and O–H groups in total. The molecule has 0 aliphatic carbocycles. The lowest BCUT2D eigenvalue weighted by Gasteiger charge is -2.24. The standard InChI is InChI=1S/C21H27N3O5S/c1-4-13-22-21(25)15-23(18-11-9-17(10-12-18)16(3)5-2)30(28,29)20-8-6-7-19(14-20)24(26)27/h6-12,14,16H,4-5,13,15H2,1-3H3,(H,22,25). The summed E-state index contributed by atoms with van der Waals surface area (Å²) in [6.07, 6.45) is 1.65. The molecule has 2 rings (SSSR count). The summed E-state index contributed by atoms with van der Waals surface area (Å²) in [5.41, 5.74) is 1.04. The van der Waals surface area contributed by atoms with E-state index in [1.807, 2.05) is 19.1 Å². The van der Waals surface area contributed by atoms with Crippen molar-refractivity contribution in [3.8, 4) is 0 Å². The summed E-state index contributed by atoms with van der Waals surface area (Å²) in [6.45, 7) is 6.04. The van der Waals surface area contributed by atoms with Gasteiger partial charge in [0, 0.05) is 18.7 Å². The summed E-state index contributed by atoms with van der Waals surface area (Å²) in [5.74, 6) is -0.134. The maximum absolute atomic E-state index is 13.3. The molecule has 0 bridgehead atoms. The molecule has 0 aromatic heterocycles. The molecule has 1 unspecified atom stereocenters. The number of benzene rings is 2. The number of carbonyl (C=O) groups is 1. The first-order valence-electron chi connectivity index (χ1n) is 9.84. The van der Waals surface area contributed by atoms with Crippen LogP contribution < -0.4 is 9.62 Å². The van der Waals surface area contributed by atoms with E-state index in [9.17, 15) is 23.3 Å². The van der Waals surface area contributed by atoms with Crippen LogP contribution in [-0.4, -0.2) is 32.3 Å². The van der Waals surface area contributed by atoms with Crippen molar-refractivity contribution >= 4 is 27.3 Å². The molecule has 0 fully saturated rings. The third kappa shape index (κ3) is 5.56. The Balaban J connectivity index is 2.48. The largest absolute Gasteiger partial charge is 0.355 e. The Labute approximate surface area is 177 Å². The summed E-state index contributed by atoms with van der Waals surface area (Å²) in [5, 5.41) is 13.7. The number of nitrogens with one attached hydrogen (secondary N) is 1. The molecular formula is C21H27N3O5S. The molecule has 1 amide bonds. The van der Waals surface area contributed by atoms with Gasteiger partial charge in [0.15, 0.2) is 0 Å². The zero-order chi connectivity index (χ0) is 22.3. The van der Waals surface area contributed by atoms with Crippen molar-refractivity contribution in [2.45, 2.75) is 44.4 Å². The molecule has 0 saturated carbocycles. The van der Waals surface area contributed by atoms with Crippen LogP contribution in [0.1, 0.15) is 45.1 Å². The number of nitrogens with zero attached hydrogens (tertiary/aromatic N) is 2. The van der Waals surface area contributed by atoms with E-state index in [1.54, 1.807) is 12.1 Å². The van der Waals surface area contributed by atoms with Gasteiger partial charge in [-0.25, -0.2) is 8.42 Å². The molecule has 8 nitrogen and oxygen atoms in total. The van der Waals surface area contributed by atoms with Crippen molar-refractivity contribution in [1.29, 1.82) is 0 Å². The molecular weight excluding hydrogens is 406 g/mol. The van der Waals surface area contributed by atoms with Gasteiger partial charge >= 0.3 is 0 Å². The molecule has 30 heavy (non-hydrogen) atoms. The Morgan fingerprint density at radius 1 is 1.17 bits per heavy atom. The molecule has 0 aliphatic rings. The lowest BCUT2D eigenvalue weighted by molar-refractivity contribution is -0.385. The van der Waals surface area contributed by atoms with Crippen LogP contribution in [-0.2, 0) is 14.8 Å². The number of nitro groups is 1. The van der Waals surface area contributed by atoms with Gasteiger partial charge < -0.3 is 5.32 Å². The van der Waals surface area contributed by atoms with Gasteiger partial charge in [-0.3, -0.25) is 19.2 Å². The highest BCUT2D eigenvalue weighted by atomic mass is 32.2. The number of non-ortho nitro benzene ring substituents is 1. The van der Waals surface area contributed by atoms with Gasteiger partial charge in [-0.15, -0.1) is 0 Å². The monoisotopic (exact) mass is 433 g/mol. The maximum atomic E-state index is 13.3. The molecule has 0 saturated heterocycles. The van der Waals surface area contributed by atoms with Gasteiger partial charge in [0.1, 0.15) is 6.54 Å². The van der Waals surface area contributed by atoms with Gasteiger partial charge in [0.25, 0.3) is 15.7 Å². The van der Waals surface area contributed by atoms with Crippen LogP contribution in [0.2, 0.25) is 0 Å². The van der Waals surface area contributed by atoms with Crippen LogP contribution in [0.4, 0.5) is 11.4 Å². The molecule has 2 aromatic rings. The predicted octanol–water partition coefficient (Wildman–Crippen LogP) is 3.83. The Hall–Kier alpha value is -2.94. The average Bonchev–Trinajstić information content (AvgIpc) is 2.75. The number of sulfonamides is 1. The summed E-state index contributed by atoms with van der Waals surface area (Å²) < 4.78 is 27.6. The summed E-state index contributed by atoms with van der Waals surface area (Å²) in [7, 11) is -4.20. The summed E-state index contributed by atoms with van der Waals surface area (Å²) in [4.78, 5) is 22.5. The van der Waals surface area contributed by atoms with Crippen LogP contribution in [0.25, 0.3) is 0 Å². The number of nitro benzene ring substituents is 1. The van der Waals surface area contributed by atoms with Gasteiger partial charge in [-0.2, -0.15) is 0 Å². The van der Waals surface area contributed by atoms with Gasteiger partial charge in [-0.05, 0) is 42.5 Å². The minimum atomic E-state index is -4.20. The Morgan fingerprint density at radius 2 is 1.83 bits per heavy atom. The normalized spacial score (nSPS) is 12.2. The lowest BCUT2D eigenvalue weighted by Crippen LogP contribution is -2.41. The van der Waals surface area contributed by atoms with Crippen LogP contribution >= 0.6 is 0 Å². The second-order valence-corrected chi connectivity index (χ2v) is 8.88. The van der Waals surface area contributed by atoms with Crippen molar-refractivity contribution in [3.63, 3.8) is 0 Å². The fraction of sp³-hybridized carbons (Fsp3) is 0.381. The third-order valence-corrected chi connectivity index (χ3v) is 6.61. The lowest BCUT2D eigenvalue weighted by atomic mass is 9.99. The molecule has 9 heteroatoms. The first-order valence-corrected chi connectivity index (χ1v) is 11.3. The SMILES string of the molecule is CCCNC(=O)CN(c1ccc(C(C)CC)cc1)S(=O)(=O)c1cccc([N+](=O)[O-])c1. The second kappa shape index (κ2) is 10.2. The van der Waals surface area contributed by atoms with E-state index in [2.05, 4.69) is 19.2 Å². The van der Waals surface area contributed by atoms with Crippen LogP contribution in [0.5, 0.6) is 0 Å². The van der Waals surface area contributed by atoms with E-state index in [0.29, 0.717) is 24.6 Å². The van der Waals surface area contributed by atoms with Crippen molar-refractivity contribution in [2.24, 2.45) is 0 Å².